The molecule has 0 unspecified atom stereocenters. The summed E-state index contributed by atoms with van der Waals surface area (Å²) in [7, 11) is 0. The van der Waals surface area contributed by atoms with Crippen LogP contribution in [0, 0.1) is 25.2 Å². The Morgan fingerprint density at radius 3 is 2.86 bits per heavy atom. The molecule has 0 aliphatic carbocycles. The van der Waals surface area contributed by atoms with Crippen LogP contribution < -0.4 is 10.9 Å². The number of hydrogen-bond donors (Lipinski definition) is 1. The average Bonchev–Trinajstić information content (AvgIpc) is 2.99. The van der Waals surface area contributed by atoms with Gasteiger partial charge in [0.2, 0.25) is 5.91 Å². The van der Waals surface area contributed by atoms with E-state index in [2.05, 4.69) is 10.4 Å². The summed E-state index contributed by atoms with van der Waals surface area (Å²) < 4.78 is 1.04. The standard InChI is InChI=1S/C15H16N4O2S/c1-9-10(2)18-19(15(21)12(9)7-16)8-14(20)17-11(3)13-5-4-6-22-13/h4-6,11H,8H2,1-3H3,(H,17,20)/t11-/m0/s1. The fraction of sp³-hybridized carbons (Fsp3) is 0.333. The first-order valence-electron chi connectivity index (χ1n) is 6.75. The van der Waals surface area contributed by atoms with E-state index in [1.165, 1.54) is 0 Å². The fourth-order valence-corrected chi connectivity index (χ4v) is 2.78. The van der Waals surface area contributed by atoms with Crippen LogP contribution in [0.15, 0.2) is 22.3 Å². The summed E-state index contributed by atoms with van der Waals surface area (Å²) in [6.07, 6.45) is 0. The molecular weight excluding hydrogens is 300 g/mol. The minimum absolute atomic E-state index is 0.0339. The van der Waals surface area contributed by atoms with Crippen LogP contribution in [-0.4, -0.2) is 15.7 Å². The summed E-state index contributed by atoms with van der Waals surface area (Å²) in [5, 5.41) is 17.9. The van der Waals surface area contributed by atoms with Crippen molar-refractivity contribution in [1.29, 1.82) is 5.26 Å². The number of amides is 1. The molecule has 2 rings (SSSR count). The highest BCUT2D eigenvalue weighted by atomic mass is 32.1. The number of aryl methyl sites for hydroxylation is 1. The predicted molar refractivity (Wildman–Crippen MR) is 83.6 cm³/mol. The third-order valence-corrected chi connectivity index (χ3v) is 4.44. The van der Waals surface area contributed by atoms with E-state index >= 15 is 0 Å². The quantitative estimate of drug-likeness (QED) is 0.929. The molecule has 1 amide bonds. The Bertz CT molecular complexity index is 787. The van der Waals surface area contributed by atoms with Gasteiger partial charge in [-0.25, -0.2) is 4.68 Å². The van der Waals surface area contributed by atoms with E-state index in [4.69, 9.17) is 5.26 Å². The van der Waals surface area contributed by atoms with Crippen molar-refractivity contribution in [2.75, 3.05) is 0 Å². The molecule has 0 saturated heterocycles. The van der Waals surface area contributed by atoms with Gasteiger partial charge in [-0.05, 0) is 37.8 Å². The number of nitrogens with one attached hydrogen (secondary N) is 1. The van der Waals surface area contributed by atoms with E-state index in [0.717, 1.165) is 9.56 Å². The van der Waals surface area contributed by atoms with Crippen LogP contribution >= 0.6 is 11.3 Å². The Morgan fingerprint density at radius 1 is 1.55 bits per heavy atom. The number of thiophene rings is 1. The number of carbonyl (C=O) groups is 1. The Labute approximate surface area is 132 Å². The highest BCUT2D eigenvalue weighted by Crippen LogP contribution is 2.17. The number of hydrogen-bond acceptors (Lipinski definition) is 5. The first-order chi connectivity index (χ1) is 10.4. The molecule has 0 bridgehead atoms. The molecule has 6 nitrogen and oxygen atoms in total. The van der Waals surface area contributed by atoms with Crippen molar-refractivity contribution in [1.82, 2.24) is 15.1 Å². The number of carbonyl (C=O) groups excluding carboxylic acids is 1. The molecule has 0 aromatic carbocycles. The van der Waals surface area contributed by atoms with Gasteiger partial charge in [0, 0.05) is 4.88 Å². The maximum atomic E-state index is 12.1. The second-order valence-corrected chi connectivity index (χ2v) is 5.94. The van der Waals surface area contributed by atoms with Gasteiger partial charge in [-0.1, -0.05) is 6.07 Å². The molecule has 0 fully saturated rings. The van der Waals surface area contributed by atoms with Crippen molar-refractivity contribution < 1.29 is 4.79 Å². The molecular formula is C15H16N4O2S. The lowest BCUT2D eigenvalue weighted by Gasteiger charge is -2.13. The summed E-state index contributed by atoms with van der Waals surface area (Å²) in [5.74, 6) is -0.317. The van der Waals surface area contributed by atoms with E-state index in [1.54, 1.807) is 25.2 Å². The molecule has 0 radical (unpaired) electrons. The highest BCUT2D eigenvalue weighted by Gasteiger charge is 2.15. The van der Waals surface area contributed by atoms with E-state index in [1.807, 2.05) is 30.5 Å². The second kappa shape index (κ2) is 6.54. The maximum absolute atomic E-state index is 12.1. The molecule has 0 aliphatic rings. The van der Waals surface area contributed by atoms with Crippen LogP contribution in [0.3, 0.4) is 0 Å². The van der Waals surface area contributed by atoms with Crippen molar-refractivity contribution in [3.05, 3.63) is 49.6 Å². The third-order valence-electron chi connectivity index (χ3n) is 3.39. The van der Waals surface area contributed by atoms with E-state index in [-0.39, 0.29) is 24.1 Å². The zero-order valence-corrected chi connectivity index (χ0v) is 13.4. The lowest BCUT2D eigenvalue weighted by molar-refractivity contribution is -0.122. The van der Waals surface area contributed by atoms with Crippen LogP contribution in [0.5, 0.6) is 0 Å². The number of nitrogens with zero attached hydrogens (tertiary/aromatic N) is 3. The topological polar surface area (TPSA) is 87.8 Å². The van der Waals surface area contributed by atoms with Crippen LogP contribution in [0.25, 0.3) is 0 Å². The largest absolute Gasteiger partial charge is 0.347 e. The number of rotatable bonds is 4. The van der Waals surface area contributed by atoms with Gasteiger partial charge in [-0.3, -0.25) is 9.59 Å². The molecule has 2 heterocycles. The molecule has 0 aliphatic heterocycles. The monoisotopic (exact) mass is 316 g/mol. The lowest BCUT2D eigenvalue weighted by Crippen LogP contribution is -2.36. The summed E-state index contributed by atoms with van der Waals surface area (Å²) in [6, 6.07) is 5.59. The van der Waals surface area contributed by atoms with Crippen LogP contribution in [-0.2, 0) is 11.3 Å². The third kappa shape index (κ3) is 3.23. The van der Waals surface area contributed by atoms with Gasteiger partial charge in [0.15, 0.2) is 0 Å². The molecule has 0 spiro atoms. The van der Waals surface area contributed by atoms with Gasteiger partial charge in [-0.2, -0.15) is 10.4 Å². The minimum Gasteiger partial charge on any atom is -0.347 e. The summed E-state index contributed by atoms with van der Waals surface area (Å²) >= 11 is 1.55. The van der Waals surface area contributed by atoms with Gasteiger partial charge in [-0.15, -0.1) is 11.3 Å². The van der Waals surface area contributed by atoms with E-state index < -0.39 is 5.56 Å². The summed E-state index contributed by atoms with van der Waals surface area (Å²) in [6.45, 7) is 5.05. The highest BCUT2D eigenvalue weighted by molar-refractivity contribution is 7.10. The lowest BCUT2D eigenvalue weighted by atomic mass is 10.1. The Kier molecular flexibility index (Phi) is 4.73. The summed E-state index contributed by atoms with van der Waals surface area (Å²) in [4.78, 5) is 25.2. The van der Waals surface area contributed by atoms with Crippen molar-refractivity contribution in [2.45, 2.75) is 33.4 Å². The average molecular weight is 316 g/mol. The molecule has 2 aromatic rings. The summed E-state index contributed by atoms with van der Waals surface area (Å²) in [5.41, 5.74) is 0.613. The Balaban J connectivity index is 2.18. The minimum atomic E-state index is -0.537. The van der Waals surface area contributed by atoms with Crippen LogP contribution in [0.4, 0.5) is 0 Å². The molecule has 1 N–H and O–H groups in total. The number of nitriles is 1. The predicted octanol–water partition coefficient (Wildman–Crippen LogP) is 1.67. The SMILES string of the molecule is Cc1nn(CC(=O)N[C@@H](C)c2cccs2)c(=O)c(C#N)c1C. The molecule has 114 valence electrons. The Hall–Kier alpha value is -2.46. The van der Waals surface area contributed by atoms with Crippen molar-refractivity contribution in [2.24, 2.45) is 0 Å². The zero-order valence-electron chi connectivity index (χ0n) is 12.6. The van der Waals surface area contributed by atoms with Crippen LogP contribution in [0.1, 0.15) is 34.7 Å². The zero-order chi connectivity index (χ0) is 16.3. The van der Waals surface area contributed by atoms with Gasteiger partial charge in [0.05, 0.1) is 11.7 Å². The van der Waals surface area contributed by atoms with Crippen molar-refractivity contribution in [3.63, 3.8) is 0 Å². The molecule has 1 atom stereocenters. The van der Waals surface area contributed by atoms with Crippen LogP contribution in [0.2, 0.25) is 0 Å². The second-order valence-electron chi connectivity index (χ2n) is 4.96. The number of aromatic nitrogens is 2. The van der Waals surface area contributed by atoms with Gasteiger partial charge in [0.25, 0.3) is 5.56 Å². The van der Waals surface area contributed by atoms with E-state index in [0.29, 0.717) is 11.3 Å². The van der Waals surface area contributed by atoms with Gasteiger partial charge >= 0.3 is 0 Å². The molecule has 22 heavy (non-hydrogen) atoms. The van der Waals surface area contributed by atoms with Crippen molar-refractivity contribution >= 4 is 17.2 Å². The van der Waals surface area contributed by atoms with Gasteiger partial charge < -0.3 is 5.32 Å². The molecule has 0 saturated carbocycles. The van der Waals surface area contributed by atoms with Gasteiger partial charge in [0.1, 0.15) is 18.2 Å². The first kappa shape index (κ1) is 15.9. The van der Waals surface area contributed by atoms with E-state index in [9.17, 15) is 9.59 Å². The molecule has 7 heteroatoms. The fourth-order valence-electron chi connectivity index (χ4n) is 2.04. The smallest absolute Gasteiger partial charge is 0.285 e. The normalized spacial score (nSPS) is 11.7. The first-order valence-corrected chi connectivity index (χ1v) is 7.63. The Morgan fingerprint density at radius 2 is 2.27 bits per heavy atom. The molecule has 2 aromatic heterocycles. The maximum Gasteiger partial charge on any atom is 0.285 e. The van der Waals surface area contributed by atoms with Crippen molar-refractivity contribution in [3.8, 4) is 6.07 Å².